The highest BCUT2D eigenvalue weighted by Crippen LogP contribution is 2.26. The van der Waals surface area contributed by atoms with Crippen LogP contribution < -0.4 is 5.32 Å². The normalized spacial score (nSPS) is 15.1. The predicted molar refractivity (Wildman–Crippen MR) is 63.8 cm³/mol. The Bertz CT molecular complexity index is 407. The van der Waals surface area contributed by atoms with Crippen LogP contribution in [-0.4, -0.2) is 17.8 Å². The minimum absolute atomic E-state index is 0.0518. The third-order valence-electron chi connectivity index (χ3n) is 2.77. The van der Waals surface area contributed by atoms with E-state index in [0.29, 0.717) is 0 Å². The Morgan fingerprint density at radius 1 is 1.29 bits per heavy atom. The molecule has 0 aliphatic carbocycles. The van der Waals surface area contributed by atoms with E-state index in [2.05, 4.69) is 5.32 Å². The van der Waals surface area contributed by atoms with Gasteiger partial charge in [-0.1, -0.05) is 0 Å². The van der Waals surface area contributed by atoms with Crippen LogP contribution in [-0.2, 0) is 5.54 Å². The summed E-state index contributed by atoms with van der Waals surface area (Å²) in [6, 6.07) is 2.35. The van der Waals surface area contributed by atoms with Crippen molar-refractivity contribution in [1.82, 2.24) is 5.32 Å². The summed E-state index contributed by atoms with van der Waals surface area (Å²) < 4.78 is 27.3. The fourth-order valence-corrected chi connectivity index (χ4v) is 1.91. The number of aryl methyl sites for hydroxylation is 1. The first-order valence-electron chi connectivity index (χ1n) is 5.65. The number of hydrogen-bond acceptors (Lipinski definition) is 2. The number of aliphatic hydroxyl groups is 1. The van der Waals surface area contributed by atoms with E-state index in [-0.39, 0.29) is 23.8 Å². The number of halogens is 2. The highest BCUT2D eigenvalue weighted by molar-refractivity contribution is 5.31. The molecule has 0 aromatic heterocycles. The highest BCUT2D eigenvalue weighted by Gasteiger charge is 2.30. The van der Waals surface area contributed by atoms with Crippen LogP contribution in [0, 0.1) is 18.6 Å². The zero-order chi connectivity index (χ0) is 13.2. The Kier molecular flexibility index (Phi) is 4.22. The second-order valence-corrected chi connectivity index (χ2v) is 4.87. The lowest BCUT2D eigenvalue weighted by Crippen LogP contribution is -2.47. The molecule has 2 nitrogen and oxygen atoms in total. The third kappa shape index (κ3) is 3.01. The van der Waals surface area contributed by atoms with Gasteiger partial charge in [0.1, 0.15) is 11.6 Å². The van der Waals surface area contributed by atoms with Gasteiger partial charge in [0.15, 0.2) is 0 Å². The van der Waals surface area contributed by atoms with Crippen LogP contribution >= 0.6 is 0 Å². The molecule has 2 N–H and O–H groups in total. The summed E-state index contributed by atoms with van der Waals surface area (Å²) in [6.45, 7) is 6.63. The second kappa shape index (κ2) is 5.10. The van der Waals surface area contributed by atoms with Gasteiger partial charge in [0, 0.05) is 11.6 Å². The maximum Gasteiger partial charge on any atom is 0.128 e. The van der Waals surface area contributed by atoms with E-state index in [4.69, 9.17) is 0 Å². The molecule has 0 heterocycles. The first-order valence-corrected chi connectivity index (χ1v) is 5.65. The lowest BCUT2D eigenvalue weighted by molar-refractivity contribution is 0.162. The summed E-state index contributed by atoms with van der Waals surface area (Å²) in [6.07, 6.45) is 0. The molecule has 17 heavy (non-hydrogen) atoms. The van der Waals surface area contributed by atoms with E-state index < -0.39 is 17.2 Å². The van der Waals surface area contributed by atoms with Gasteiger partial charge in [-0.2, -0.15) is 0 Å². The van der Waals surface area contributed by atoms with Crippen molar-refractivity contribution in [2.75, 3.05) is 6.61 Å². The average molecular weight is 243 g/mol. The zero-order valence-electron chi connectivity index (χ0n) is 10.6. The summed E-state index contributed by atoms with van der Waals surface area (Å²) in [5.41, 5.74) is -0.569. The number of aliphatic hydroxyl groups excluding tert-OH is 1. The van der Waals surface area contributed by atoms with Gasteiger partial charge in [0.2, 0.25) is 0 Å². The first kappa shape index (κ1) is 14.1. The molecule has 96 valence electrons. The van der Waals surface area contributed by atoms with Crippen LogP contribution in [0.5, 0.6) is 0 Å². The van der Waals surface area contributed by atoms with E-state index in [1.54, 1.807) is 6.92 Å². The van der Waals surface area contributed by atoms with E-state index in [1.807, 2.05) is 13.8 Å². The van der Waals surface area contributed by atoms with Gasteiger partial charge in [-0.3, -0.25) is 0 Å². The summed E-state index contributed by atoms with van der Waals surface area (Å²) in [4.78, 5) is 0. The monoisotopic (exact) mass is 243 g/mol. The Morgan fingerprint density at radius 3 is 2.35 bits per heavy atom. The average Bonchev–Trinajstić information content (AvgIpc) is 2.22. The molecule has 1 aromatic carbocycles. The van der Waals surface area contributed by atoms with E-state index in [1.165, 1.54) is 6.92 Å². The van der Waals surface area contributed by atoms with E-state index >= 15 is 0 Å². The minimum Gasteiger partial charge on any atom is -0.394 e. The first-order chi connectivity index (χ1) is 7.80. The van der Waals surface area contributed by atoms with Gasteiger partial charge in [-0.25, -0.2) is 8.78 Å². The third-order valence-corrected chi connectivity index (χ3v) is 2.77. The fraction of sp³-hybridized carbons (Fsp3) is 0.538. The molecule has 0 saturated heterocycles. The smallest absolute Gasteiger partial charge is 0.128 e. The Labute approximate surface area is 101 Å². The van der Waals surface area contributed by atoms with Gasteiger partial charge in [-0.15, -0.1) is 0 Å². The summed E-state index contributed by atoms with van der Waals surface area (Å²) in [7, 11) is 0. The van der Waals surface area contributed by atoms with Gasteiger partial charge < -0.3 is 10.4 Å². The van der Waals surface area contributed by atoms with Crippen LogP contribution in [0.2, 0.25) is 0 Å². The lowest BCUT2D eigenvalue weighted by Gasteiger charge is -2.32. The number of hydrogen-bond donors (Lipinski definition) is 2. The van der Waals surface area contributed by atoms with Crippen LogP contribution in [0.4, 0.5) is 8.78 Å². The van der Waals surface area contributed by atoms with Crippen LogP contribution in [0.1, 0.15) is 31.9 Å². The Hall–Kier alpha value is -1.00. The van der Waals surface area contributed by atoms with Gasteiger partial charge >= 0.3 is 0 Å². The van der Waals surface area contributed by atoms with Crippen molar-refractivity contribution in [3.63, 3.8) is 0 Å². The van der Waals surface area contributed by atoms with Crippen molar-refractivity contribution in [2.45, 2.75) is 39.3 Å². The molecule has 0 spiro atoms. The second-order valence-electron chi connectivity index (χ2n) is 4.87. The molecular formula is C13H19F2NO. The summed E-state index contributed by atoms with van der Waals surface area (Å²) in [5, 5.41) is 12.5. The molecule has 4 heteroatoms. The molecule has 0 saturated carbocycles. The maximum absolute atomic E-state index is 13.8. The molecule has 0 aliphatic rings. The van der Waals surface area contributed by atoms with Crippen LogP contribution in [0.3, 0.4) is 0 Å². The summed E-state index contributed by atoms with van der Waals surface area (Å²) in [5.74, 6) is -0.972. The summed E-state index contributed by atoms with van der Waals surface area (Å²) >= 11 is 0. The minimum atomic E-state index is -0.979. The Morgan fingerprint density at radius 2 is 1.88 bits per heavy atom. The SMILES string of the molecule is Cc1cc(F)c(C(C)(CO)NC(C)C)cc1F. The molecule has 1 rings (SSSR count). The molecule has 0 fully saturated rings. The van der Waals surface area contributed by atoms with Gasteiger partial charge in [0.05, 0.1) is 12.1 Å². The van der Waals surface area contributed by atoms with Crippen molar-refractivity contribution in [1.29, 1.82) is 0 Å². The molecular weight excluding hydrogens is 224 g/mol. The van der Waals surface area contributed by atoms with E-state index in [0.717, 1.165) is 12.1 Å². The van der Waals surface area contributed by atoms with Crippen molar-refractivity contribution < 1.29 is 13.9 Å². The topological polar surface area (TPSA) is 32.3 Å². The van der Waals surface area contributed by atoms with Crippen LogP contribution in [0.15, 0.2) is 12.1 Å². The number of nitrogens with one attached hydrogen (secondary N) is 1. The van der Waals surface area contributed by atoms with E-state index in [9.17, 15) is 13.9 Å². The molecule has 1 atom stereocenters. The van der Waals surface area contributed by atoms with Crippen molar-refractivity contribution >= 4 is 0 Å². The van der Waals surface area contributed by atoms with Crippen molar-refractivity contribution in [3.8, 4) is 0 Å². The van der Waals surface area contributed by atoms with Crippen molar-refractivity contribution in [2.24, 2.45) is 0 Å². The molecule has 0 bridgehead atoms. The van der Waals surface area contributed by atoms with Crippen LogP contribution in [0.25, 0.3) is 0 Å². The largest absolute Gasteiger partial charge is 0.394 e. The standard InChI is InChI=1S/C13H19F2NO/c1-8(2)16-13(4,7-17)10-6-11(14)9(3)5-12(10)15/h5-6,8,16-17H,7H2,1-4H3. The molecule has 0 radical (unpaired) electrons. The highest BCUT2D eigenvalue weighted by atomic mass is 19.1. The molecule has 0 aliphatic heterocycles. The van der Waals surface area contributed by atoms with Gasteiger partial charge in [-0.05, 0) is 45.4 Å². The quantitative estimate of drug-likeness (QED) is 0.851. The maximum atomic E-state index is 13.8. The Balaban J connectivity index is 3.24. The molecule has 0 amide bonds. The predicted octanol–water partition coefficient (Wildman–Crippen LogP) is 2.48. The number of rotatable bonds is 4. The lowest BCUT2D eigenvalue weighted by atomic mass is 9.90. The molecule has 1 unspecified atom stereocenters. The number of benzene rings is 1. The fourth-order valence-electron chi connectivity index (χ4n) is 1.91. The van der Waals surface area contributed by atoms with Gasteiger partial charge in [0.25, 0.3) is 0 Å². The zero-order valence-corrected chi connectivity index (χ0v) is 10.6. The molecule has 1 aromatic rings. The van der Waals surface area contributed by atoms with Crippen molar-refractivity contribution in [3.05, 3.63) is 34.9 Å².